The van der Waals surface area contributed by atoms with Crippen LogP contribution in [-0.4, -0.2) is 63.4 Å². The molecule has 10 heteroatoms. The molecule has 1 fully saturated rings. The quantitative estimate of drug-likeness (QED) is 0.724. The Kier molecular flexibility index (Phi) is 6.97. The van der Waals surface area contributed by atoms with Gasteiger partial charge in [0.15, 0.2) is 0 Å². The maximum absolute atomic E-state index is 13.1. The lowest BCUT2D eigenvalue weighted by atomic mass is 10.2. The first kappa shape index (κ1) is 22.5. The number of ether oxygens (including phenoxy) is 1. The van der Waals surface area contributed by atoms with Gasteiger partial charge in [-0.05, 0) is 42.8 Å². The van der Waals surface area contributed by atoms with Gasteiger partial charge in [-0.25, -0.2) is 12.8 Å². The first-order valence-corrected chi connectivity index (χ1v) is 11.1. The fourth-order valence-electron chi connectivity index (χ4n) is 3.21. The summed E-state index contributed by atoms with van der Waals surface area (Å²) in [5.74, 6) is -0.253. The van der Waals surface area contributed by atoms with Crippen LogP contribution in [0.5, 0.6) is 5.75 Å². The van der Waals surface area contributed by atoms with Crippen molar-refractivity contribution in [1.29, 1.82) is 0 Å². The minimum absolute atomic E-state index is 0.0558. The molecule has 1 aliphatic rings. The van der Waals surface area contributed by atoms with E-state index in [1.807, 2.05) is 11.8 Å². The van der Waals surface area contributed by atoms with E-state index in [2.05, 4.69) is 5.32 Å². The zero-order valence-electron chi connectivity index (χ0n) is 16.7. The molecule has 0 aromatic heterocycles. The molecular weight excluding hydrogens is 433 g/mol. The normalized spacial score (nSPS) is 15.7. The van der Waals surface area contributed by atoms with Crippen LogP contribution in [0.25, 0.3) is 0 Å². The summed E-state index contributed by atoms with van der Waals surface area (Å²) in [6.45, 7) is 3.26. The van der Waals surface area contributed by atoms with Gasteiger partial charge in [-0.15, -0.1) is 0 Å². The Labute approximate surface area is 180 Å². The van der Waals surface area contributed by atoms with Crippen molar-refractivity contribution < 1.29 is 22.3 Å². The van der Waals surface area contributed by atoms with Crippen molar-refractivity contribution in [2.45, 2.75) is 11.8 Å². The van der Waals surface area contributed by atoms with Crippen molar-refractivity contribution in [1.82, 2.24) is 9.21 Å². The molecule has 3 rings (SSSR count). The lowest BCUT2D eigenvalue weighted by molar-refractivity contribution is -0.117. The summed E-state index contributed by atoms with van der Waals surface area (Å²) < 4.78 is 45.0. The fraction of sp³-hybridized carbons (Fsp3) is 0.350. The molecule has 1 heterocycles. The van der Waals surface area contributed by atoms with Crippen LogP contribution >= 0.6 is 11.6 Å². The summed E-state index contributed by atoms with van der Waals surface area (Å²) >= 11 is 6.09. The molecule has 30 heavy (non-hydrogen) atoms. The number of hydrogen-bond donors (Lipinski definition) is 1. The van der Waals surface area contributed by atoms with Crippen molar-refractivity contribution in [3.8, 4) is 5.75 Å². The summed E-state index contributed by atoms with van der Waals surface area (Å²) in [6, 6.07) is 8.15. The summed E-state index contributed by atoms with van der Waals surface area (Å²) in [6.07, 6.45) is 0. The first-order valence-electron chi connectivity index (χ1n) is 9.33. The van der Waals surface area contributed by atoms with Gasteiger partial charge in [0.1, 0.15) is 11.6 Å². The van der Waals surface area contributed by atoms with Crippen molar-refractivity contribution in [3.05, 3.63) is 52.8 Å². The van der Waals surface area contributed by atoms with E-state index in [9.17, 15) is 17.6 Å². The van der Waals surface area contributed by atoms with Gasteiger partial charge in [0.2, 0.25) is 15.9 Å². The van der Waals surface area contributed by atoms with E-state index in [4.69, 9.17) is 16.3 Å². The lowest BCUT2D eigenvalue weighted by Crippen LogP contribution is -2.50. The van der Waals surface area contributed by atoms with E-state index in [1.54, 1.807) is 12.1 Å². The van der Waals surface area contributed by atoms with Crippen LogP contribution in [0, 0.1) is 12.7 Å². The maximum Gasteiger partial charge on any atom is 0.243 e. The third-order valence-corrected chi connectivity index (χ3v) is 7.22. The highest BCUT2D eigenvalue weighted by Crippen LogP contribution is 2.31. The van der Waals surface area contributed by atoms with Gasteiger partial charge < -0.3 is 10.1 Å². The zero-order valence-corrected chi connectivity index (χ0v) is 18.3. The van der Waals surface area contributed by atoms with Crippen LogP contribution in [-0.2, 0) is 14.8 Å². The Morgan fingerprint density at radius 2 is 1.80 bits per heavy atom. The van der Waals surface area contributed by atoms with Crippen molar-refractivity contribution in [2.24, 2.45) is 0 Å². The number of halogens is 2. The summed E-state index contributed by atoms with van der Waals surface area (Å²) in [7, 11) is -2.19. The van der Waals surface area contributed by atoms with E-state index < -0.39 is 15.8 Å². The van der Waals surface area contributed by atoms with E-state index in [1.165, 1.54) is 23.5 Å². The van der Waals surface area contributed by atoms with Crippen molar-refractivity contribution >= 4 is 33.2 Å². The number of nitrogens with zero attached hydrogens (tertiary/aromatic N) is 2. The highest BCUT2D eigenvalue weighted by molar-refractivity contribution is 7.89. The van der Waals surface area contributed by atoms with Gasteiger partial charge in [-0.3, -0.25) is 9.69 Å². The highest BCUT2D eigenvalue weighted by Gasteiger charge is 2.29. The molecule has 1 aliphatic heterocycles. The van der Waals surface area contributed by atoms with Gasteiger partial charge in [0.25, 0.3) is 0 Å². The molecule has 1 amide bonds. The van der Waals surface area contributed by atoms with Gasteiger partial charge in [-0.2, -0.15) is 4.31 Å². The minimum Gasteiger partial charge on any atom is -0.495 e. The van der Waals surface area contributed by atoms with Crippen molar-refractivity contribution in [3.63, 3.8) is 0 Å². The largest absolute Gasteiger partial charge is 0.495 e. The Bertz CT molecular complexity index is 1020. The second kappa shape index (κ2) is 9.30. The number of amides is 1. The Morgan fingerprint density at radius 3 is 2.40 bits per heavy atom. The standard InChI is InChI=1S/C20H23ClFN3O4S/c1-14-11-18(19(29-2)12-17(14)21)23-20(26)13-24-7-9-25(10-8-24)30(27,28)16-5-3-15(22)4-6-16/h3-6,11-12H,7-10,13H2,1-2H3,(H,23,26). The van der Waals surface area contributed by atoms with Crippen LogP contribution < -0.4 is 10.1 Å². The minimum atomic E-state index is -3.69. The van der Waals surface area contributed by atoms with E-state index >= 15 is 0 Å². The number of nitrogens with one attached hydrogen (secondary N) is 1. The molecule has 1 N–H and O–H groups in total. The number of methoxy groups -OCH3 is 1. The third-order valence-electron chi connectivity index (χ3n) is 4.90. The molecule has 7 nitrogen and oxygen atoms in total. The van der Waals surface area contributed by atoms with Gasteiger partial charge in [0, 0.05) is 37.3 Å². The van der Waals surface area contributed by atoms with Gasteiger partial charge in [-0.1, -0.05) is 11.6 Å². The molecule has 0 atom stereocenters. The third kappa shape index (κ3) is 5.10. The molecule has 2 aromatic carbocycles. The molecule has 0 spiro atoms. The summed E-state index contributed by atoms with van der Waals surface area (Å²) in [5.41, 5.74) is 1.34. The fourth-order valence-corrected chi connectivity index (χ4v) is 4.78. The lowest BCUT2D eigenvalue weighted by Gasteiger charge is -2.33. The molecule has 0 unspecified atom stereocenters. The zero-order chi connectivity index (χ0) is 21.9. The average molecular weight is 456 g/mol. The summed E-state index contributed by atoms with van der Waals surface area (Å²) in [5, 5.41) is 3.36. The molecule has 0 aliphatic carbocycles. The smallest absolute Gasteiger partial charge is 0.243 e. The average Bonchev–Trinajstić information content (AvgIpc) is 2.71. The second-order valence-corrected chi connectivity index (χ2v) is 9.33. The number of anilines is 1. The highest BCUT2D eigenvalue weighted by atomic mass is 35.5. The van der Waals surface area contributed by atoms with E-state index in [0.717, 1.165) is 17.7 Å². The molecule has 0 radical (unpaired) electrons. The molecule has 0 saturated carbocycles. The van der Waals surface area contributed by atoms with Gasteiger partial charge in [0.05, 0.1) is 24.2 Å². The van der Waals surface area contributed by atoms with Crippen LogP contribution in [0.1, 0.15) is 5.56 Å². The number of hydrogen-bond acceptors (Lipinski definition) is 5. The van der Waals surface area contributed by atoms with Crippen LogP contribution in [0.3, 0.4) is 0 Å². The molecule has 0 bridgehead atoms. The molecule has 2 aromatic rings. The number of aryl methyl sites for hydroxylation is 1. The monoisotopic (exact) mass is 455 g/mol. The Morgan fingerprint density at radius 1 is 1.17 bits per heavy atom. The predicted molar refractivity (Wildman–Crippen MR) is 113 cm³/mol. The number of rotatable bonds is 6. The SMILES string of the molecule is COc1cc(Cl)c(C)cc1NC(=O)CN1CCN(S(=O)(=O)c2ccc(F)cc2)CC1. The predicted octanol–water partition coefficient (Wildman–Crippen LogP) is 2.74. The van der Waals surface area contributed by atoms with E-state index in [0.29, 0.717) is 29.5 Å². The number of benzene rings is 2. The van der Waals surface area contributed by atoms with Crippen LogP contribution in [0.15, 0.2) is 41.3 Å². The Balaban J connectivity index is 1.58. The van der Waals surface area contributed by atoms with Crippen LogP contribution in [0.4, 0.5) is 10.1 Å². The summed E-state index contributed by atoms with van der Waals surface area (Å²) in [4.78, 5) is 14.4. The Hall–Kier alpha value is -2.20. The number of sulfonamides is 1. The maximum atomic E-state index is 13.1. The topological polar surface area (TPSA) is 79.0 Å². The number of carbonyl (C=O) groups excluding carboxylic acids is 1. The van der Waals surface area contributed by atoms with Gasteiger partial charge >= 0.3 is 0 Å². The first-order chi connectivity index (χ1) is 14.2. The molecular formula is C20H23ClFN3O4S. The second-order valence-electron chi connectivity index (χ2n) is 6.98. The van der Waals surface area contributed by atoms with Crippen molar-refractivity contribution in [2.75, 3.05) is 45.2 Å². The number of carbonyl (C=O) groups is 1. The number of piperazine rings is 1. The molecule has 1 saturated heterocycles. The van der Waals surface area contributed by atoms with E-state index in [-0.39, 0.29) is 30.4 Å². The van der Waals surface area contributed by atoms with Crippen LogP contribution in [0.2, 0.25) is 5.02 Å². The molecule has 162 valence electrons.